The average Bonchev–Trinajstić information content (AvgIpc) is 2.39. The first-order chi connectivity index (χ1) is 8.52. The van der Waals surface area contributed by atoms with Gasteiger partial charge in [-0.3, -0.25) is 0 Å². The lowest BCUT2D eigenvalue weighted by Gasteiger charge is -2.49. The molecular formula is C15H26N2O. The topological polar surface area (TPSA) is 56.0 Å². The Morgan fingerprint density at radius 2 is 2.17 bits per heavy atom. The molecule has 2 N–H and O–H groups in total. The van der Waals surface area contributed by atoms with Crippen LogP contribution in [0.25, 0.3) is 0 Å². The Balaban J connectivity index is 2.21. The molecule has 1 heterocycles. The van der Waals surface area contributed by atoms with E-state index in [4.69, 9.17) is 0 Å². The Bertz CT molecular complexity index is 328. The maximum absolute atomic E-state index is 11.1. The summed E-state index contributed by atoms with van der Waals surface area (Å²) in [7, 11) is 0. The van der Waals surface area contributed by atoms with Crippen molar-refractivity contribution < 1.29 is 5.11 Å². The number of hydrogen-bond acceptors (Lipinski definition) is 3. The zero-order chi connectivity index (χ0) is 13.2. The minimum Gasteiger partial charge on any atom is -0.388 e. The molecule has 1 saturated heterocycles. The molecule has 1 saturated carbocycles. The van der Waals surface area contributed by atoms with E-state index in [9.17, 15) is 10.4 Å². The molecule has 0 aromatic rings. The molecule has 2 fully saturated rings. The van der Waals surface area contributed by atoms with Crippen LogP contribution in [0.4, 0.5) is 0 Å². The predicted octanol–water partition coefficient (Wildman–Crippen LogP) is 2.46. The fraction of sp³-hybridized carbons (Fsp3) is 0.933. The predicted molar refractivity (Wildman–Crippen MR) is 71.9 cm³/mol. The highest BCUT2D eigenvalue weighted by molar-refractivity contribution is 5.14. The van der Waals surface area contributed by atoms with Gasteiger partial charge < -0.3 is 10.4 Å². The number of hydrogen-bond donors (Lipinski definition) is 2. The summed E-state index contributed by atoms with van der Waals surface area (Å²) in [5.41, 5.74) is -1.39. The minimum atomic E-state index is -0.857. The molecule has 0 spiro atoms. The number of nitrogens with one attached hydrogen (secondary N) is 1. The Morgan fingerprint density at radius 3 is 2.72 bits per heavy atom. The Labute approximate surface area is 111 Å². The van der Waals surface area contributed by atoms with Gasteiger partial charge in [0.1, 0.15) is 0 Å². The van der Waals surface area contributed by atoms with Crippen LogP contribution < -0.4 is 5.32 Å². The Morgan fingerprint density at radius 1 is 1.39 bits per heavy atom. The van der Waals surface area contributed by atoms with Crippen molar-refractivity contribution in [2.24, 2.45) is 17.3 Å². The molecule has 3 nitrogen and oxygen atoms in total. The van der Waals surface area contributed by atoms with Gasteiger partial charge in [-0.25, -0.2) is 0 Å². The van der Waals surface area contributed by atoms with Gasteiger partial charge in [-0.15, -0.1) is 0 Å². The quantitative estimate of drug-likeness (QED) is 0.791. The third-order valence-corrected chi connectivity index (χ3v) is 5.27. The Hall–Kier alpha value is -0.590. The second-order valence-electron chi connectivity index (χ2n) is 6.59. The minimum absolute atomic E-state index is 0.219. The van der Waals surface area contributed by atoms with Crippen LogP contribution in [0.1, 0.15) is 52.4 Å². The molecule has 0 amide bonds. The van der Waals surface area contributed by atoms with E-state index < -0.39 is 11.0 Å². The van der Waals surface area contributed by atoms with Crippen molar-refractivity contribution in [3.05, 3.63) is 0 Å². The zero-order valence-corrected chi connectivity index (χ0v) is 11.7. The smallest absolute Gasteiger partial charge is 0.0863 e. The maximum Gasteiger partial charge on any atom is 0.0863 e. The Kier molecular flexibility index (Phi) is 3.99. The van der Waals surface area contributed by atoms with Crippen LogP contribution in [0.5, 0.6) is 0 Å². The van der Waals surface area contributed by atoms with Crippen molar-refractivity contribution >= 4 is 0 Å². The molecule has 0 radical (unpaired) electrons. The van der Waals surface area contributed by atoms with Crippen LogP contribution in [0.2, 0.25) is 0 Å². The summed E-state index contributed by atoms with van der Waals surface area (Å²) in [6.07, 6.45) is 6.13. The second kappa shape index (κ2) is 5.19. The lowest BCUT2D eigenvalue weighted by Crippen LogP contribution is -2.56. The molecule has 0 bridgehead atoms. The summed E-state index contributed by atoms with van der Waals surface area (Å²) in [6, 6.07) is 2.51. The van der Waals surface area contributed by atoms with Crippen molar-refractivity contribution in [3.63, 3.8) is 0 Å². The summed E-state index contributed by atoms with van der Waals surface area (Å²) in [5.74, 6) is 0.776. The molecule has 102 valence electrons. The number of rotatable bonds is 2. The second-order valence-corrected chi connectivity index (χ2v) is 6.59. The SMILES string of the molecule is CC1CCCC(C#N)(C(C)(O)C2CCCNC2)C1. The van der Waals surface area contributed by atoms with Gasteiger partial charge >= 0.3 is 0 Å². The van der Waals surface area contributed by atoms with Gasteiger partial charge in [0, 0.05) is 12.5 Å². The van der Waals surface area contributed by atoms with Crippen molar-refractivity contribution in [2.45, 2.75) is 58.0 Å². The van der Waals surface area contributed by atoms with E-state index in [1.54, 1.807) is 0 Å². The van der Waals surface area contributed by atoms with E-state index >= 15 is 0 Å². The van der Waals surface area contributed by atoms with Gasteiger partial charge in [0.15, 0.2) is 0 Å². The monoisotopic (exact) mass is 250 g/mol. The van der Waals surface area contributed by atoms with Gasteiger partial charge in [0.05, 0.1) is 17.1 Å². The zero-order valence-electron chi connectivity index (χ0n) is 11.7. The van der Waals surface area contributed by atoms with Gasteiger partial charge in [0.2, 0.25) is 0 Å². The van der Waals surface area contributed by atoms with E-state index in [2.05, 4.69) is 18.3 Å². The molecule has 1 aliphatic heterocycles. The molecule has 18 heavy (non-hydrogen) atoms. The molecule has 0 aromatic heterocycles. The number of piperidine rings is 1. The molecule has 3 heteroatoms. The van der Waals surface area contributed by atoms with E-state index in [1.807, 2.05) is 6.92 Å². The van der Waals surface area contributed by atoms with Crippen LogP contribution in [0.15, 0.2) is 0 Å². The van der Waals surface area contributed by atoms with Crippen LogP contribution in [0.3, 0.4) is 0 Å². The summed E-state index contributed by atoms with van der Waals surface area (Å²) in [5, 5.41) is 24.1. The molecule has 0 aromatic carbocycles. The van der Waals surface area contributed by atoms with E-state index in [0.29, 0.717) is 5.92 Å². The van der Waals surface area contributed by atoms with Crippen molar-refractivity contribution in [1.82, 2.24) is 5.32 Å². The summed E-state index contributed by atoms with van der Waals surface area (Å²) in [6.45, 7) is 6.01. The van der Waals surface area contributed by atoms with Gasteiger partial charge in [-0.05, 0) is 45.1 Å². The highest BCUT2D eigenvalue weighted by Crippen LogP contribution is 2.50. The molecule has 4 atom stereocenters. The van der Waals surface area contributed by atoms with Crippen LogP contribution in [-0.2, 0) is 0 Å². The van der Waals surface area contributed by atoms with Crippen molar-refractivity contribution in [2.75, 3.05) is 13.1 Å². The lowest BCUT2D eigenvalue weighted by molar-refractivity contribution is -0.113. The third kappa shape index (κ3) is 2.29. The number of nitrogens with zero attached hydrogens (tertiary/aromatic N) is 1. The first kappa shape index (κ1) is 13.8. The van der Waals surface area contributed by atoms with Crippen LogP contribution in [-0.4, -0.2) is 23.8 Å². The fourth-order valence-electron chi connectivity index (χ4n) is 3.95. The lowest BCUT2D eigenvalue weighted by atomic mass is 9.57. The molecule has 4 unspecified atom stereocenters. The summed E-state index contributed by atoms with van der Waals surface area (Å²) in [4.78, 5) is 0. The maximum atomic E-state index is 11.1. The molecule has 2 aliphatic rings. The number of aliphatic hydroxyl groups is 1. The van der Waals surface area contributed by atoms with Gasteiger partial charge in [-0.2, -0.15) is 5.26 Å². The fourth-order valence-corrected chi connectivity index (χ4v) is 3.95. The first-order valence-corrected chi connectivity index (χ1v) is 7.36. The standard InChI is InChI=1S/C15H26N2O/c1-12-5-3-7-15(9-12,11-16)14(2,18)13-6-4-8-17-10-13/h12-13,17-18H,3-10H2,1-2H3. The highest BCUT2D eigenvalue weighted by atomic mass is 16.3. The first-order valence-electron chi connectivity index (χ1n) is 7.36. The molecular weight excluding hydrogens is 224 g/mol. The largest absolute Gasteiger partial charge is 0.388 e. The normalized spacial score (nSPS) is 40.8. The highest BCUT2D eigenvalue weighted by Gasteiger charge is 2.53. The average molecular weight is 250 g/mol. The van der Waals surface area contributed by atoms with Crippen molar-refractivity contribution in [1.29, 1.82) is 5.26 Å². The summed E-state index contributed by atoms with van der Waals surface area (Å²) < 4.78 is 0. The van der Waals surface area contributed by atoms with E-state index in [0.717, 1.165) is 45.2 Å². The van der Waals surface area contributed by atoms with Gasteiger partial charge in [-0.1, -0.05) is 19.8 Å². The van der Waals surface area contributed by atoms with Crippen LogP contribution in [0, 0.1) is 28.6 Å². The molecule has 2 rings (SSSR count). The number of nitriles is 1. The van der Waals surface area contributed by atoms with Gasteiger partial charge in [0.25, 0.3) is 0 Å². The molecule has 1 aliphatic carbocycles. The van der Waals surface area contributed by atoms with E-state index in [1.165, 1.54) is 6.42 Å². The van der Waals surface area contributed by atoms with Crippen molar-refractivity contribution in [3.8, 4) is 6.07 Å². The van der Waals surface area contributed by atoms with Crippen LogP contribution >= 0.6 is 0 Å². The third-order valence-electron chi connectivity index (χ3n) is 5.27. The van der Waals surface area contributed by atoms with E-state index in [-0.39, 0.29) is 5.92 Å². The summed E-state index contributed by atoms with van der Waals surface area (Å²) >= 11 is 0.